The molecule has 11 heavy (non-hydrogen) atoms. The van der Waals surface area contributed by atoms with Gasteiger partial charge in [0.05, 0.1) is 0 Å². The predicted octanol–water partition coefficient (Wildman–Crippen LogP) is 1.12. The Morgan fingerprint density at radius 3 is 1.73 bits per heavy atom. The summed E-state index contributed by atoms with van der Waals surface area (Å²) >= 11 is 0. The fraction of sp³-hybridized carbons (Fsp3) is 0.333. The van der Waals surface area contributed by atoms with Gasteiger partial charge in [0.1, 0.15) is 5.52 Å². The molecule has 0 N–H and O–H groups in total. The summed E-state index contributed by atoms with van der Waals surface area (Å²) < 4.78 is 0. The van der Waals surface area contributed by atoms with Crippen LogP contribution in [0.15, 0.2) is 0 Å². The van der Waals surface area contributed by atoms with Crippen molar-refractivity contribution in [1.82, 2.24) is 0 Å². The number of carbonyl (C=O) groups is 1. The molecule has 0 aliphatic carbocycles. The SMILES string of the molecule is C=P(C)([C-]=O)C(C)=O.[CH3-].[Y].[Y]. The number of carbonyl (C=O) groups excluding carboxylic acids is 2. The van der Waals surface area contributed by atoms with Gasteiger partial charge in [-0.15, -0.1) is 6.30 Å². The van der Waals surface area contributed by atoms with Crippen LogP contribution in [0.4, 0.5) is 0 Å². The molecule has 0 aromatic carbocycles. The quantitative estimate of drug-likeness (QED) is 0.564. The van der Waals surface area contributed by atoms with Crippen molar-refractivity contribution in [3.8, 4) is 0 Å². The van der Waals surface area contributed by atoms with Crippen molar-refractivity contribution in [1.29, 1.82) is 0 Å². The van der Waals surface area contributed by atoms with E-state index in [-0.39, 0.29) is 78.4 Å². The number of hydrogen-bond acceptors (Lipinski definition) is 2. The smallest absolute Gasteiger partial charge is 0.125 e. The molecule has 0 rings (SSSR count). The maximum absolute atomic E-state index is 10.4. The largest absolute Gasteiger partial charge is 0.536 e. The van der Waals surface area contributed by atoms with Crippen molar-refractivity contribution in [2.75, 3.05) is 6.66 Å². The summed E-state index contributed by atoms with van der Waals surface area (Å²) in [5.74, 6) is 0. The average Bonchev–Trinajstić information content (AvgIpc) is 1.67. The maximum atomic E-state index is 10.4. The van der Waals surface area contributed by atoms with Crippen molar-refractivity contribution in [3.63, 3.8) is 0 Å². The summed E-state index contributed by atoms with van der Waals surface area (Å²) in [4.78, 5) is 20.3. The van der Waals surface area contributed by atoms with E-state index in [0.717, 1.165) is 0 Å². The van der Waals surface area contributed by atoms with Crippen LogP contribution < -0.4 is 0 Å². The van der Waals surface area contributed by atoms with Gasteiger partial charge < -0.3 is 12.2 Å². The van der Waals surface area contributed by atoms with Crippen LogP contribution in [0.1, 0.15) is 6.92 Å². The molecule has 0 saturated carbocycles. The van der Waals surface area contributed by atoms with E-state index in [2.05, 4.69) is 6.30 Å². The minimum Gasteiger partial charge on any atom is -0.536 e. The first-order chi connectivity index (χ1) is 3.50. The second kappa shape index (κ2) is 9.93. The van der Waals surface area contributed by atoms with Crippen LogP contribution in [0.5, 0.6) is 0 Å². The Labute approximate surface area is 119 Å². The van der Waals surface area contributed by atoms with Gasteiger partial charge in [0.25, 0.3) is 0 Å². The third-order valence-electron chi connectivity index (χ3n) is 0.896. The molecule has 0 amide bonds. The zero-order valence-electron chi connectivity index (χ0n) is 7.13. The van der Waals surface area contributed by atoms with E-state index in [9.17, 15) is 9.59 Å². The molecule has 0 bridgehead atoms. The van der Waals surface area contributed by atoms with E-state index in [4.69, 9.17) is 0 Å². The van der Waals surface area contributed by atoms with Crippen molar-refractivity contribution < 1.29 is 75.0 Å². The normalized spacial score (nSPS) is 12.2. The van der Waals surface area contributed by atoms with Crippen LogP contribution in [0.3, 0.4) is 0 Å². The van der Waals surface area contributed by atoms with E-state index in [1.807, 2.05) is 0 Å². The molecule has 1 atom stereocenters. The molecular formula is C6H11O2PY2-2. The van der Waals surface area contributed by atoms with Gasteiger partial charge in [0.15, 0.2) is 0 Å². The zero-order chi connectivity index (χ0) is 6.78. The minimum absolute atomic E-state index is 0. The first kappa shape index (κ1) is 23.0. The Hall–Kier alpha value is 1.85. The molecule has 1 unspecified atom stereocenters. The van der Waals surface area contributed by atoms with Gasteiger partial charge in [-0.1, -0.05) is 6.66 Å². The van der Waals surface area contributed by atoms with Gasteiger partial charge in [-0.05, 0) is 6.92 Å². The Morgan fingerprint density at radius 1 is 1.45 bits per heavy atom. The van der Waals surface area contributed by atoms with Gasteiger partial charge in [-0.25, -0.2) is 6.03 Å². The van der Waals surface area contributed by atoms with Crippen LogP contribution in [-0.4, -0.2) is 24.5 Å². The molecule has 0 heterocycles. The fourth-order valence-corrected chi connectivity index (χ4v) is 0.193. The third-order valence-corrected chi connectivity index (χ3v) is 2.69. The molecule has 0 aliphatic rings. The van der Waals surface area contributed by atoms with Crippen molar-refractivity contribution in [2.24, 2.45) is 0 Å². The van der Waals surface area contributed by atoms with Crippen molar-refractivity contribution >= 4 is 24.7 Å². The average molecular weight is 324 g/mol. The minimum atomic E-state index is -2.19. The summed E-state index contributed by atoms with van der Waals surface area (Å²) in [6.07, 6.45) is 3.43. The summed E-state index contributed by atoms with van der Waals surface area (Å²) in [5.41, 5.74) is -0.146. The second-order valence-electron chi connectivity index (χ2n) is 1.80. The third kappa shape index (κ3) is 9.76. The van der Waals surface area contributed by atoms with Gasteiger partial charge in [0, 0.05) is 65.4 Å². The first-order valence-corrected chi connectivity index (χ1v) is 4.54. The molecule has 2 nitrogen and oxygen atoms in total. The molecule has 60 valence electrons. The second-order valence-corrected chi connectivity index (χ2v) is 5.00. The van der Waals surface area contributed by atoms with Gasteiger partial charge >= 0.3 is 0 Å². The van der Waals surface area contributed by atoms with E-state index in [1.54, 1.807) is 12.7 Å². The van der Waals surface area contributed by atoms with Crippen LogP contribution >= 0.6 is 6.89 Å². The standard InChI is InChI=1S/C5H8O2P.CH3.2Y/c1-5(7)8(2,3)4-6;;;/h2H2,1,3H3;1H3;;/q2*-1;;. The molecule has 0 saturated heterocycles. The van der Waals surface area contributed by atoms with Crippen molar-refractivity contribution in [3.05, 3.63) is 7.43 Å². The summed E-state index contributed by atoms with van der Waals surface area (Å²) in [5, 5.41) is 0. The maximum Gasteiger partial charge on any atom is 0.125 e. The van der Waals surface area contributed by atoms with Gasteiger partial charge in [0.2, 0.25) is 0 Å². The van der Waals surface area contributed by atoms with Crippen molar-refractivity contribution in [2.45, 2.75) is 6.92 Å². The van der Waals surface area contributed by atoms with E-state index in [1.165, 1.54) is 6.92 Å². The molecule has 0 fully saturated rings. The Balaban J connectivity index is -0.0000000817. The van der Waals surface area contributed by atoms with E-state index in [0.29, 0.717) is 0 Å². The van der Waals surface area contributed by atoms with Crippen LogP contribution in [-0.2, 0) is 75.0 Å². The molecule has 0 spiro atoms. The number of hydrogen-bond donors (Lipinski definition) is 0. The Kier molecular flexibility index (Phi) is 20.8. The molecule has 2 radical (unpaired) electrons. The topological polar surface area (TPSA) is 34.1 Å². The first-order valence-electron chi connectivity index (χ1n) is 2.12. The fourth-order valence-electron chi connectivity index (χ4n) is 0.0643. The monoisotopic (exact) mass is 324 g/mol. The van der Waals surface area contributed by atoms with Gasteiger partial charge in [-0.3, -0.25) is 4.79 Å². The van der Waals surface area contributed by atoms with Gasteiger partial charge in [-0.2, -0.15) is 6.89 Å². The molecule has 5 heteroatoms. The predicted molar refractivity (Wildman–Crippen MR) is 42.8 cm³/mol. The molecule has 0 aromatic rings. The number of rotatable bonds is 2. The summed E-state index contributed by atoms with van der Waals surface area (Å²) in [6.45, 7) is 0.721. The van der Waals surface area contributed by atoms with Crippen LogP contribution in [0, 0.1) is 7.43 Å². The zero-order valence-corrected chi connectivity index (χ0v) is 13.7. The molecule has 0 aromatic heterocycles. The Morgan fingerprint density at radius 2 is 1.73 bits per heavy atom. The molecular weight excluding hydrogens is 313 g/mol. The Bertz CT molecular complexity index is 168. The molecule has 0 aliphatic heterocycles. The van der Waals surface area contributed by atoms with E-state index >= 15 is 0 Å². The van der Waals surface area contributed by atoms with Crippen LogP contribution in [0.2, 0.25) is 0 Å². The van der Waals surface area contributed by atoms with E-state index < -0.39 is 6.89 Å². The summed E-state index contributed by atoms with van der Waals surface area (Å²) in [6, 6.07) is 1.64. The summed E-state index contributed by atoms with van der Waals surface area (Å²) in [7, 11) is 0. The van der Waals surface area contributed by atoms with Crippen LogP contribution in [0.25, 0.3) is 0 Å².